The first-order chi connectivity index (χ1) is 16.3. The molecule has 1 atom stereocenters. The molecule has 1 amide bonds. The molecule has 1 saturated heterocycles. The Labute approximate surface area is 192 Å². The van der Waals surface area contributed by atoms with Gasteiger partial charge in [0.2, 0.25) is 0 Å². The second-order valence-electron chi connectivity index (χ2n) is 8.05. The molecule has 0 spiro atoms. The van der Waals surface area contributed by atoms with Gasteiger partial charge in [0.25, 0.3) is 5.91 Å². The largest absolute Gasteiger partial charge is 0.340 e. The number of rotatable bonds is 5. The van der Waals surface area contributed by atoms with Gasteiger partial charge >= 0.3 is 0 Å². The van der Waals surface area contributed by atoms with Crippen molar-refractivity contribution >= 4 is 17.4 Å². The van der Waals surface area contributed by atoms with Gasteiger partial charge in [0.05, 0.1) is 5.69 Å². The highest BCUT2D eigenvalue weighted by Crippen LogP contribution is 2.29. The summed E-state index contributed by atoms with van der Waals surface area (Å²) in [6.45, 7) is 1.32. The molecule has 1 unspecified atom stereocenters. The number of nitrogens with one attached hydrogen (secondary N) is 1. The standard InChI is InChI=1S/C26H24N6O/c33-26(20-10-14-28-15-11-20)32-16-4-5-21(18-32)25-30-23(19-8-12-27-13-9-19)17-24(31-25)29-22-6-2-1-3-7-22/h1-3,6-15,17,21H,4-5,16,18H2,(H,29,30,31). The van der Waals surface area contributed by atoms with E-state index in [1.54, 1.807) is 36.9 Å². The molecular weight excluding hydrogens is 412 g/mol. The van der Waals surface area contributed by atoms with Crippen molar-refractivity contribution in [2.24, 2.45) is 0 Å². The van der Waals surface area contributed by atoms with Gasteiger partial charge in [-0.2, -0.15) is 0 Å². The number of para-hydroxylation sites is 1. The van der Waals surface area contributed by atoms with Gasteiger partial charge in [-0.05, 0) is 49.2 Å². The van der Waals surface area contributed by atoms with E-state index >= 15 is 0 Å². The Balaban J connectivity index is 1.46. The van der Waals surface area contributed by atoms with E-state index in [2.05, 4.69) is 15.3 Å². The minimum absolute atomic E-state index is 0.0232. The highest BCUT2D eigenvalue weighted by Gasteiger charge is 2.28. The van der Waals surface area contributed by atoms with Crippen LogP contribution in [-0.2, 0) is 0 Å². The number of carbonyl (C=O) groups excluding carboxylic acids is 1. The van der Waals surface area contributed by atoms with Crippen LogP contribution in [0.4, 0.5) is 11.5 Å². The van der Waals surface area contributed by atoms with E-state index in [1.807, 2.05) is 53.4 Å². The smallest absolute Gasteiger partial charge is 0.253 e. The van der Waals surface area contributed by atoms with E-state index in [-0.39, 0.29) is 11.8 Å². The summed E-state index contributed by atoms with van der Waals surface area (Å²) in [7, 11) is 0. The molecule has 0 aliphatic carbocycles. The molecule has 1 aromatic carbocycles. The summed E-state index contributed by atoms with van der Waals surface area (Å²) in [4.78, 5) is 32.8. The van der Waals surface area contributed by atoms with Crippen LogP contribution in [0, 0.1) is 0 Å². The molecule has 5 rings (SSSR count). The number of likely N-dealkylation sites (tertiary alicyclic amines) is 1. The van der Waals surface area contributed by atoms with Gasteiger partial charge in [-0.15, -0.1) is 0 Å². The van der Waals surface area contributed by atoms with Crippen molar-refractivity contribution in [2.45, 2.75) is 18.8 Å². The lowest BCUT2D eigenvalue weighted by Gasteiger charge is -2.32. The fraction of sp³-hybridized carbons (Fsp3) is 0.192. The van der Waals surface area contributed by atoms with Gasteiger partial charge in [-0.25, -0.2) is 9.97 Å². The molecule has 1 aliphatic heterocycles. The number of amides is 1. The number of hydrogen-bond donors (Lipinski definition) is 1. The third kappa shape index (κ3) is 4.87. The molecule has 7 nitrogen and oxygen atoms in total. The minimum atomic E-state index is 0.0232. The summed E-state index contributed by atoms with van der Waals surface area (Å²) in [5, 5.41) is 3.40. The lowest BCUT2D eigenvalue weighted by molar-refractivity contribution is 0.0704. The molecule has 4 aromatic rings. The Hall–Kier alpha value is -4.13. The van der Waals surface area contributed by atoms with Crippen LogP contribution < -0.4 is 5.32 Å². The average Bonchev–Trinajstić information content (AvgIpc) is 2.90. The highest BCUT2D eigenvalue weighted by atomic mass is 16.2. The highest BCUT2D eigenvalue weighted by molar-refractivity contribution is 5.94. The summed E-state index contributed by atoms with van der Waals surface area (Å²) in [6, 6.07) is 19.3. The van der Waals surface area contributed by atoms with Crippen LogP contribution in [0.1, 0.15) is 34.9 Å². The molecule has 4 heterocycles. The first kappa shape index (κ1) is 20.8. The van der Waals surface area contributed by atoms with Crippen molar-refractivity contribution in [1.29, 1.82) is 0 Å². The molecule has 0 radical (unpaired) electrons. The normalized spacial score (nSPS) is 15.8. The number of carbonyl (C=O) groups is 1. The molecule has 0 bridgehead atoms. The third-order valence-corrected chi connectivity index (χ3v) is 5.77. The van der Waals surface area contributed by atoms with Gasteiger partial charge in [-0.1, -0.05) is 18.2 Å². The molecule has 1 N–H and O–H groups in total. The van der Waals surface area contributed by atoms with E-state index in [4.69, 9.17) is 9.97 Å². The quantitative estimate of drug-likeness (QED) is 0.488. The minimum Gasteiger partial charge on any atom is -0.340 e. The van der Waals surface area contributed by atoms with Gasteiger partial charge in [0.1, 0.15) is 11.6 Å². The topological polar surface area (TPSA) is 83.9 Å². The maximum atomic E-state index is 13.0. The van der Waals surface area contributed by atoms with Crippen LogP contribution in [0.15, 0.2) is 85.5 Å². The first-order valence-corrected chi connectivity index (χ1v) is 11.1. The predicted octanol–water partition coefficient (Wildman–Crippen LogP) is 4.70. The van der Waals surface area contributed by atoms with Crippen molar-refractivity contribution in [3.63, 3.8) is 0 Å². The number of piperidine rings is 1. The van der Waals surface area contributed by atoms with Crippen molar-refractivity contribution < 1.29 is 4.79 Å². The molecule has 164 valence electrons. The number of aromatic nitrogens is 4. The van der Waals surface area contributed by atoms with E-state index in [0.29, 0.717) is 12.1 Å². The SMILES string of the molecule is O=C(c1ccncc1)N1CCCC(c2nc(Nc3ccccc3)cc(-c3ccncc3)n2)C1. The molecular formula is C26H24N6O. The summed E-state index contributed by atoms with van der Waals surface area (Å²) >= 11 is 0. The maximum absolute atomic E-state index is 13.0. The Morgan fingerprint density at radius 2 is 1.64 bits per heavy atom. The molecule has 3 aromatic heterocycles. The second-order valence-corrected chi connectivity index (χ2v) is 8.05. The molecule has 0 saturated carbocycles. The Bertz CT molecular complexity index is 1220. The zero-order valence-corrected chi connectivity index (χ0v) is 18.1. The number of hydrogen-bond acceptors (Lipinski definition) is 6. The summed E-state index contributed by atoms with van der Waals surface area (Å²) < 4.78 is 0. The first-order valence-electron chi connectivity index (χ1n) is 11.1. The molecule has 7 heteroatoms. The third-order valence-electron chi connectivity index (χ3n) is 5.77. The molecule has 33 heavy (non-hydrogen) atoms. The lowest BCUT2D eigenvalue weighted by Crippen LogP contribution is -2.39. The number of nitrogens with zero attached hydrogens (tertiary/aromatic N) is 5. The van der Waals surface area contributed by atoms with Crippen LogP contribution in [0.25, 0.3) is 11.3 Å². The van der Waals surface area contributed by atoms with Crippen molar-refractivity contribution in [3.05, 3.63) is 96.8 Å². The number of benzene rings is 1. The van der Waals surface area contributed by atoms with Gasteiger partial charge in [-0.3, -0.25) is 14.8 Å². The zero-order chi connectivity index (χ0) is 22.5. The van der Waals surface area contributed by atoms with Crippen LogP contribution >= 0.6 is 0 Å². The summed E-state index contributed by atoms with van der Waals surface area (Å²) in [5.41, 5.74) is 3.42. The van der Waals surface area contributed by atoms with Crippen molar-refractivity contribution in [1.82, 2.24) is 24.8 Å². The number of pyridine rings is 2. The van der Waals surface area contributed by atoms with Crippen LogP contribution in [0.3, 0.4) is 0 Å². The maximum Gasteiger partial charge on any atom is 0.253 e. The monoisotopic (exact) mass is 436 g/mol. The van der Waals surface area contributed by atoms with E-state index in [0.717, 1.165) is 48.0 Å². The average molecular weight is 437 g/mol. The van der Waals surface area contributed by atoms with Crippen molar-refractivity contribution in [2.75, 3.05) is 18.4 Å². The van der Waals surface area contributed by atoms with Gasteiger partial charge in [0.15, 0.2) is 0 Å². The second kappa shape index (κ2) is 9.56. The molecule has 1 aliphatic rings. The molecule has 1 fully saturated rings. The van der Waals surface area contributed by atoms with E-state index < -0.39 is 0 Å². The van der Waals surface area contributed by atoms with Gasteiger partial charge < -0.3 is 10.2 Å². The summed E-state index contributed by atoms with van der Waals surface area (Å²) in [5.74, 6) is 1.56. The summed E-state index contributed by atoms with van der Waals surface area (Å²) in [6.07, 6.45) is 8.67. The lowest BCUT2D eigenvalue weighted by atomic mass is 9.96. The van der Waals surface area contributed by atoms with Crippen LogP contribution in [-0.4, -0.2) is 43.8 Å². The van der Waals surface area contributed by atoms with E-state index in [9.17, 15) is 4.79 Å². The van der Waals surface area contributed by atoms with Crippen LogP contribution in [0.5, 0.6) is 0 Å². The Morgan fingerprint density at radius 1 is 0.909 bits per heavy atom. The fourth-order valence-corrected chi connectivity index (χ4v) is 4.10. The fourth-order valence-electron chi connectivity index (χ4n) is 4.10. The predicted molar refractivity (Wildman–Crippen MR) is 127 cm³/mol. The Kier molecular flexibility index (Phi) is 6.01. The van der Waals surface area contributed by atoms with Gasteiger partial charge in [0, 0.05) is 66.7 Å². The zero-order valence-electron chi connectivity index (χ0n) is 18.1. The van der Waals surface area contributed by atoms with Crippen LogP contribution in [0.2, 0.25) is 0 Å². The Morgan fingerprint density at radius 3 is 2.39 bits per heavy atom. The van der Waals surface area contributed by atoms with Crippen molar-refractivity contribution in [3.8, 4) is 11.3 Å². The van der Waals surface area contributed by atoms with E-state index in [1.165, 1.54) is 0 Å². The number of anilines is 2.